The summed E-state index contributed by atoms with van der Waals surface area (Å²) < 4.78 is 21.6. The molecule has 1 heterocycles. The molecule has 2 aliphatic rings. The van der Waals surface area contributed by atoms with Gasteiger partial charge < -0.3 is 8.98 Å². The molecule has 1 aromatic heterocycles. The van der Waals surface area contributed by atoms with Crippen molar-refractivity contribution in [1.29, 1.82) is 0 Å². The highest BCUT2D eigenvalue weighted by Crippen LogP contribution is 2.64. The van der Waals surface area contributed by atoms with Crippen molar-refractivity contribution in [2.24, 2.45) is 0 Å². The summed E-state index contributed by atoms with van der Waals surface area (Å²) in [6.07, 6.45) is 0. The van der Waals surface area contributed by atoms with E-state index in [2.05, 4.69) is 129 Å². The van der Waals surface area contributed by atoms with Crippen LogP contribution < -0.4 is 15.9 Å². The van der Waals surface area contributed by atoms with Gasteiger partial charge in [0.2, 0.25) is 0 Å². The zero-order valence-electron chi connectivity index (χ0n) is 30.7. The summed E-state index contributed by atoms with van der Waals surface area (Å²) in [6, 6.07) is 66.3. The molecule has 0 spiro atoms. The lowest BCUT2D eigenvalue weighted by molar-refractivity contribution is 0.592. The van der Waals surface area contributed by atoms with Crippen LogP contribution in [0.15, 0.2) is 192 Å². The molecule has 0 N–H and O–H groups in total. The number of fused-ring (bicyclic) bond motifs is 3. The first kappa shape index (κ1) is 32.2. The fraction of sp³-hybridized carbons (Fsp3) is 0.0769. The van der Waals surface area contributed by atoms with Crippen LogP contribution in [0.4, 0.5) is 0 Å². The first-order chi connectivity index (χ1) is 26.9. The van der Waals surface area contributed by atoms with E-state index >= 15 is 4.57 Å². The van der Waals surface area contributed by atoms with Gasteiger partial charge in [-0.3, -0.25) is 0 Å². The topological polar surface area (TPSA) is 30.2 Å². The van der Waals surface area contributed by atoms with Crippen LogP contribution in [-0.2, 0) is 15.4 Å². The molecule has 55 heavy (non-hydrogen) atoms. The van der Waals surface area contributed by atoms with Crippen molar-refractivity contribution >= 4 is 45.0 Å². The van der Waals surface area contributed by atoms with Crippen molar-refractivity contribution in [2.75, 3.05) is 0 Å². The zero-order valence-corrected chi connectivity index (χ0v) is 31.6. The van der Waals surface area contributed by atoms with Crippen LogP contribution in [0.25, 0.3) is 44.2 Å². The lowest BCUT2D eigenvalue weighted by Gasteiger charge is -2.36. The molecule has 2 aliphatic carbocycles. The molecule has 0 unspecified atom stereocenters. The third kappa shape index (κ3) is 4.35. The molecule has 0 saturated heterocycles. The number of benzene rings is 8. The molecule has 11 rings (SSSR count). The maximum atomic E-state index is 15.4. The molecular weight excluding hydrogens is 688 g/mol. The Hall–Kier alpha value is -6.21. The van der Waals surface area contributed by atoms with E-state index in [-0.39, 0.29) is 5.41 Å². The Labute approximate surface area is 321 Å². The molecule has 0 atom stereocenters. The maximum absolute atomic E-state index is 15.4. The van der Waals surface area contributed by atoms with Crippen molar-refractivity contribution in [1.82, 2.24) is 0 Å². The van der Waals surface area contributed by atoms with E-state index in [1.807, 2.05) is 72.8 Å². The van der Waals surface area contributed by atoms with E-state index in [9.17, 15) is 0 Å². The van der Waals surface area contributed by atoms with Gasteiger partial charge in [-0.2, -0.15) is 0 Å². The second kappa shape index (κ2) is 11.6. The van der Waals surface area contributed by atoms with Gasteiger partial charge in [-0.05, 0) is 73.8 Å². The van der Waals surface area contributed by atoms with Crippen LogP contribution in [0.3, 0.4) is 0 Å². The van der Waals surface area contributed by atoms with E-state index in [1.54, 1.807) is 0 Å². The van der Waals surface area contributed by atoms with Crippen molar-refractivity contribution in [2.45, 2.75) is 24.7 Å². The second-order valence-electron chi connectivity index (χ2n) is 15.5. The van der Waals surface area contributed by atoms with Crippen molar-refractivity contribution in [3.8, 4) is 22.3 Å². The van der Waals surface area contributed by atoms with Crippen LogP contribution in [0.5, 0.6) is 0 Å². The molecule has 0 saturated carbocycles. The molecule has 262 valence electrons. The summed E-state index contributed by atoms with van der Waals surface area (Å²) in [7, 11) is -3.15. The van der Waals surface area contributed by atoms with Crippen LogP contribution in [0.2, 0.25) is 0 Å². The summed E-state index contributed by atoms with van der Waals surface area (Å²) in [4.78, 5) is 0. The molecule has 0 bridgehead atoms. The number of para-hydroxylation sites is 1. The minimum atomic E-state index is -3.15. The van der Waals surface area contributed by atoms with Crippen molar-refractivity contribution < 1.29 is 8.98 Å². The molecule has 0 fully saturated rings. The Morgan fingerprint density at radius 2 is 0.891 bits per heavy atom. The summed E-state index contributed by atoms with van der Waals surface area (Å²) in [5.41, 5.74) is 13.9. The summed E-state index contributed by atoms with van der Waals surface area (Å²) in [5, 5.41) is 4.76. The van der Waals surface area contributed by atoms with Gasteiger partial charge in [0.05, 0.1) is 5.41 Å². The van der Waals surface area contributed by atoms with Gasteiger partial charge in [-0.1, -0.05) is 184 Å². The summed E-state index contributed by atoms with van der Waals surface area (Å²) in [5.74, 6) is 0. The maximum Gasteiger partial charge on any atom is 0.171 e. The Balaban J connectivity index is 1.12. The number of hydrogen-bond donors (Lipinski definition) is 0. The lowest BCUT2D eigenvalue weighted by Crippen LogP contribution is -2.31. The Morgan fingerprint density at radius 3 is 1.49 bits per heavy atom. The minimum Gasteiger partial charge on any atom is -0.456 e. The Bertz CT molecular complexity index is 2910. The summed E-state index contributed by atoms with van der Waals surface area (Å²) in [6.45, 7) is 4.71. The number of furan rings is 1. The third-order valence-electron chi connectivity index (χ3n) is 12.5. The molecular formula is C52H37O2P. The largest absolute Gasteiger partial charge is 0.456 e. The van der Waals surface area contributed by atoms with E-state index in [1.165, 1.54) is 38.9 Å². The van der Waals surface area contributed by atoms with E-state index in [0.29, 0.717) is 0 Å². The first-order valence-corrected chi connectivity index (χ1v) is 20.7. The SMILES string of the molecule is CC1(C)c2cccc3c2-c2c1cccc2C3(c1ccc(-c2ccc3oc4ccccc4c3c2)cc1)c1ccc(P(=O)(c2ccccc2)c2ccccc2)cc1. The number of hydrogen-bond acceptors (Lipinski definition) is 2. The molecule has 2 nitrogen and oxygen atoms in total. The van der Waals surface area contributed by atoms with Crippen molar-refractivity contribution in [3.05, 3.63) is 221 Å². The monoisotopic (exact) mass is 724 g/mol. The predicted octanol–water partition coefficient (Wildman–Crippen LogP) is 11.9. The van der Waals surface area contributed by atoms with Gasteiger partial charge in [0, 0.05) is 32.1 Å². The highest BCUT2D eigenvalue weighted by molar-refractivity contribution is 7.85. The first-order valence-electron chi connectivity index (χ1n) is 19.0. The van der Waals surface area contributed by atoms with E-state index < -0.39 is 12.6 Å². The third-order valence-corrected chi connectivity index (χ3v) is 15.5. The Morgan fingerprint density at radius 1 is 0.418 bits per heavy atom. The van der Waals surface area contributed by atoms with Crippen LogP contribution in [0, 0.1) is 0 Å². The van der Waals surface area contributed by atoms with Gasteiger partial charge in [0.15, 0.2) is 7.14 Å². The van der Waals surface area contributed by atoms with Gasteiger partial charge in [-0.25, -0.2) is 0 Å². The molecule has 3 heteroatoms. The second-order valence-corrected chi connectivity index (χ2v) is 18.3. The Kier molecular flexibility index (Phi) is 6.83. The lowest BCUT2D eigenvalue weighted by atomic mass is 9.65. The highest BCUT2D eigenvalue weighted by atomic mass is 31.2. The molecule has 9 aromatic rings. The quantitative estimate of drug-likeness (QED) is 0.160. The predicted molar refractivity (Wildman–Crippen MR) is 228 cm³/mol. The zero-order chi connectivity index (χ0) is 36.9. The van der Waals surface area contributed by atoms with Crippen LogP contribution >= 0.6 is 7.14 Å². The molecule has 0 radical (unpaired) electrons. The van der Waals surface area contributed by atoms with E-state index in [4.69, 9.17) is 4.42 Å². The average Bonchev–Trinajstić information content (AvgIpc) is 3.85. The van der Waals surface area contributed by atoms with Gasteiger partial charge >= 0.3 is 0 Å². The highest BCUT2D eigenvalue weighted by Gasteiger charge is 2.52. The average molecular weight is 725 g/mol. The standard InChI is InChI=1S/C52H37O2P/c1-51(2)43-18-11-20-45-49(43)50-44(51)19-12-21-46(50)52(45,36-26-23-34(24-27-36)35-25-32-48-42(33-35)41-17-9-10-22-47(41)54-48)37-28-30-40(31-29-37)55(53,38-13-5-3-6-14-38)39-15-7-4-8-16-39/h3-33H,1-2H3. The fourth-order valence-electron chi connectivity index (χ4n) is 9.85. The smallest absolute Gasteiger partial charge is 0.171 e. The number of rotatable bonds is 6. The molecule has 0 aliphatic heterocycles. The van der Waals surface area contributed by atoms with Crippen LogP contribution in [-0.4, -0.2) is 0 Å². The van der Waals surface area contributed by atoms with Gasteiger partial charge in [0.1, 0.15) is 11.2 Å². The van der Waals surface area contributed by atoms with E-state index in [0.717, 1.165) is 54.5 Å². The normalized spacial score (nSPS) is 14.7. The minimum absolute atomic E-state index is 0.0928. The fourth-order valence-corrected chi connectivity index (χ4v) is 12.5. The van der Waals surface area contributed by atoms with Crippen LogP contribution in [0.1, 0.15) is 47.2 Å². The molecule has 8 aromatic carbocycles. The summed E-state index contributed by atoms with van der Waals surface area (Å²) >= 11 is 0. The molecule has 0 amide bonds. The van der Waals surface area contributed by atoms with Gasteiger partial charge in [0.25, 0.3) is 0 Å². The van der Waals surface area contributed by atoms with Gasteiger partial charge in [-0.15, -0.1) is 0 Å². The van der Waals surface area contributed by atoms with Crippen molar-refractivity contribution in [3.63, 3.8) is 0 Å².